The third-order valence-corrected chi connectivity index (χ3v) is 7.12. The molecule has 3 aromatic rings. The summed E-state index contributed by atoms with van der Waals surface area (Å²) in [6, 6.07) is 24.4. The van der Waals surface area contributed by atoms with Gasteiger partial charge in [-0.3, -0.25) is 4.79 Å². The van der Waals surface area contributed by atoms with Crippen molar-refractivity contribution in [2.45, 2.75) is 38.5 Å². The lowest BCUT2D eigenvalue weighted by atomic mass is 9.71. The van der Waals surface area contributed by atoms with E-state index in [1.807, 2.05) is 56.3 Å². The molecule has 1 aliphatic carbocycles. The molecule has 1 heterocycles. The maximum absolute atomic E-state index is 13.8. The highest BCUT2D eigenvalue weighted by Crippen LogP contribution is 2.47. The highest BCUT2D eigenvalue weighted by Gasteiger charge is 2.41. The van der Waals surface area contributed by atoms with Crippen LogP contribution in [-0.4, -0.2) is 31.6 Å². The molecule has 0 fully saturated rings. The SMILES string of the molecule is CCOCCOC(=O)C1=C(C)NC2=C(C(=O)C[C@@H](c3ccccc3)C2)[C@H]1c1cccc2ccccc12. The maximum atomic E-state index is 13.8. The Morgan fingerprint density at radius 2 is 1.69 bits per heavy atom. The van der Waals surface area contributed by atoms with Gasteiger partial charge in [0.25, 0.3) is 0 Å². The van der Waals surface area contributed by atoms with Crippen molar-refractivity contribution >= 4 is 22.5 Å². The first-order valence-corrected chi connectivity index (χ1v) is 12.6. The Kier molecular flexibility index (Phi) is 7.01. The molecule has 0 amide bonds. The summed E-state index contributed by atoms with van der Waals surface area (Å²) in [5, 5.41) is 5.54. The van der Waals surface area contributed by atoms with Crippen LogP contribution in [0, 0.1) is 0 Å². The van der Waals surface area contributed by atoms with Crippen molar-refractivity contribution in [3.8, 4) is 0 Å². The van der Waals surface area contributed by atoms with Gasteiger partial charge < -0.3 is 14.8 Å². The molecule has 0 saturated carbocycles. The van der Waals surface area contributed by atoms with E-state index in [9.17, 15) is 9.59 Å². The molecule has 3 aromatic carbocycles. The number of hydrogen-bond acceptors (Lipinski definition) is 5. The van der Waals surface area contributed by atoms with Crippen LogP contribution in [0.5, 0.6) is 0 Å². The fourth-order valence-corrected chi connectivity index (χ4v) is 5.50. The zero-order valence-corrected chi connectivity index (χ0v) is 20.8. The molecule has 2 atom stereocenters. The van der Waals surface area contributed by atoms with Crippen molar-refractivity contribution in [2.24, 2.45) is 0 Å². The van der Waals surface area contributed by atoms with E-state index in [4.69, 9.17) is 9.47 Å². The molecule has 2 aliphatic rings. The van der Waals surface area contributed by atoms with Gasteiger partial charge in [0.2, 0.25) is 0 Å². The molecule has 0 unspecified atom stereocenters. The summed E-state index contributed by atoms with van der Waals surface area (Å²) in [5.74, 6) is -0.730. The zero-order valence-electron chi connectivity index (χ0n) is 20.8. The van der Waals surface area contributed by atoms with Crippen LogP contribution < -0.4 is 5.32 Å². The van der Waals surface area contributed by atoms with E-state index in [0.29, 0.717) is 30.8 Å². The summed E-state index contributed by atoms with van der Waals surface area (Å²) in [6.45, 7) is 4.88. The van der Waals surface area contributed by atoms with Gasteiger partial charge in [-0.2, -0.15) is 0 Å². The molecular formula is C31H31NO4. The monoisotopic (exact) mass is 481 g/mol. The lowest BCUT2D eigenvalue weighted by Gasteiger charge is -2.37. The molecule has 0 spiro atoms. The summed E-state index contributed by atoms with van der Waals surface area (Å²) < 4.78 is 11.0. The lowest BCUT2D eigenvalue weighted by Crippen LogP contribution is -2.36. The van der Waals surface area contributed by atoms with Gasteiger partial charge in [0.15, 0.2) is 5.78 Å². The van der Waals surface area contributed by atoms with E-state index >= 15 is 0 Å². The van der Waals surface area contributed by atoms with Crippen LogP contribution in [0.1, 0.15) is 49.7 Å². The molecule has 1 N–H and O–H groups in total. The molecule has 36 heavy (non-hydrogen) atoms. The van der Waals surface area contributed by atoms with Crippen molar-refractivity contribution in [3.63, 3.8) is 0 Å². The van der Waals surface area contributed by atoms with Crippen molar-refractivity contribution < 1.29 is 19.1 Å². The van der Waals surface area contributed by atoms with Gasteiger partial charge in [-0.1, -0.05) is 72.8 Å². The molecular weight excluding hydrogens is 450 g/mol. The molecule has 0 aromatic heterocycles. The molecule has 5 heteroatoms. The first kappa shape index (κ1) is 24.0. The molecule has 0 bridgehead atoms. The fraction of sp³-hybridized carbons (Fsp3) is 0.290. The first-order chi connectivity index (χ1) is 17.6. The summed E-state index contributed by atoms with van der Waals surface area (Å²) in [6.07, 6.45) is 1.13. The predicted molar refractivity (Wildman–Crippen MR) is 140 cm³/mol. The van der Waals surface area contributed by atoms with E-state index in [2.05, 4.69) is 35.6 Å². The van der Waals surface area contributed by atoms with Gasteiger partial charge in [-0.25, -0.2) is 4.79 Å². The molecule has 5 nitrogen and oxygen atoms in total. The van der Waals surface area contributed by atoms with Gasteiger partial charge >= 0.3 is 5.97 Å². The number of carbonyl (C=O) groups is 2. The summed E-state index contributed by atoms with van der Waals surface area (Å²) in [4.78, 5) is 27.3. The van der Waals surface area contributed by atoms with Crippen LogP contribution in [0.3, 0.4) is 0 Å². The van der Waals surface area contributed by atoms with Crippen LogP contribution in [0.25, 0.3) is 10.8 Å². The van der Waals surface area contributed by atoms with Gasteiger partial charge in [0.05, 0.1) is 12.2 Å². The minimum Gasteiger partial charge on any atom is -0.460 e. The summed E-state index contributed by atoms with van der Waals surface area (Å²) in [5.41, 5.74) is 4.92. The molecule has 184 valence electrons. The highest BCUT2D eigenvalue weighted by atomic mass is 16.6. The average molecular weight is 482 g/mol. The number of ketones is 1. The second kappa shape index (κ2) is 10.5. The standard InChI is InChI=1S/C31H31NO4/c1-3-35-16-17-36-31(34)28-20(2)32-26-18-23(21-10-5-4-6-11-21)19-27(33)30(26)29(28)25-15-9-13-22-12-7-8-14-24(22)25/h4-15,23,29,32H,3,16-19H2,1-2H3/t23-,29-/m0/s1. The molecule has 0 radical (unpaired) electrons. The fourth-order valence-electron chi connectivity index (χ4n) is 5.50. The smallest absolute Gasteiger partial charge is 0.336 e. The van der Waals surface area contributed by atoms with Crippen LogP contribution in [0.4, 0.5) is 0 Å². The highest BCUT2D eigenvalue weighted by molar-refractivity contribution is 6.05. The number of fused-ring (bicyclic) bond motifs is 1. The number of benzene rings is 3. The minimum absolute atomic E-state index is 0.0719. The normalized spacial score (nSPS) is 19.8. The zero-order chi connectivity index (χ0) is 25.1. The average Bonchev–Trinajstić information content (AvgIpc) is 2.90. The minimum atomic E-state index is -0.490. The Balaban J connectivity index is 1.60. The Morgan fingerprint density at radius 1 is 0.944 bits per heavy atom. The quantitative estimate of drug-likeness (QED) is 0.342. The van der Waals surface area contributed by atoms with Gasteiger partial charge in [-0.15, -0.1) is 0 Å². The van der Waals surface area contributed by atoms with Crippen LogP contribution >= 0.6 is 0 Å². The van der Waals surface area contributed by atoms with E-state index in [1.54, 1.807) is 0 Å². The number of esters is 1. The maximum Gasteiger partial charge on any atom is 0.336 e. The van der Waals surface area contributed by atoms with Crippen LogP contribution in [0.15, 0.2) is 95.3 Å². The van der Waals surface area contributed by atoms with E-state index in [0.717, 1.165) is 39.7 Å². The van der Waals surface area contributed by atoms with Crippen molar-refractivity contribution in [3.05, 3.63) is 106 Å². The molecule has 1 aliphatic heterocycles. The van der Waals surface area contributed by atoms with E-state index in [-0.39, 0.29) is 18.3 Å². The third-order valence-electron chi connectivity index (χ3n) is 7.12. The number of rotatable bonds is 7. The number of carbonyl (C=O) groups excluding carboxylic acids is 2. The summed E-state index contributed by atoms with van der Waals surface area (Å²) in [7, 11) is 0. The van der Waals surface area contributed by atoms with Crippen LogP contribution in [0.2, 0.25) is 0 Å². The van der Waals surface area contributed by atoms with E-state index in [1.165, 1.54) is 0 Å². The van der Waals surface area contributed by atoms with Gasteiger partial charge in [0, 0.05) is 35.9 Å². The van der Waals surface area contributed by atoms with Gasteiger partial charge in [0.1, 0.15) is 6.61 Å². The number of Topliss-reactive ketones (excluding diaryl/α,β-unsaturated/α-hetero) is 1. The number of hydrogen-bond donors (Lipinski definition) is 1. The van der Waals surface area contributed by atoms with Crippen LogP contribution in [-0.2, 0) is 19.1 Å². The summed E-state index contributed by atoms with van der Waals surface area (Å²) >= 11 is 0. The number of ether oxygens (including phenoxy) is 2. The molecule has 0 saturated heterocycles. The topological polar surface area (TPSA) is 64.6 Å². The Bertz CT molecular complexity index is 1350. The Labute approximate surface area is 211 Å². The molecule has 5 rings (SSSR count). The third kappa shape index (κ3) is 4.59. The van der Waals surface area contributed by atoms with Crippen molar-refractivity contribution in [1.82, 2.24) is 5.32 Å². The Morgan fingerprint density at radius 3 is 2.50 bits per heavy atom. The second-order valence-corrected chi connectivity index (χ2v) is 9.33. The number of nitrogens with one attached hydrogen (secondary N) is 1. The van der Waals surface area contributed by atoms with Crippen molar-refractivity contribution in [2.75, 3.05) is 19.8 Å². The van der Waals surface area contributed by atoms with E-state index < -0.39 is 11.9 Å². The second-order valence-electron chi connectivity index (χ2n) is 9.33. The predicted octanol–water partition coefficient (Wildman–Crippen LogP) is 5.78. The largest absolute Gasteiger partial charge is 0.460 e. The van der Waals surface area contributed by atoms with Crippen molar-refractivity contribution in [1.29, 1.82) is 0 Å². The number of dihydropyridines is 1. The Hall–Kier alpha value is -3.70. The number of allylic oxidation sites excluding steroid dienone is 3. The first-order valence-electron chi connectivity index (χ1n) is 12.6. The lowest BCUT2D eigenvalue weighted by molar-refractivity contribution is -0.140. The van der Waals surface area contributed by atoms with Gasteiger partial charge in [-0.05, 0) is 48.1 Å².